The van der Waals surface area contributed by atoms with Crippen LogP contribution in [0.2, 0.25) is 5.02 Å². The lowest BCUT2D eigenvalue weighted by atomic mass is 9.83. The average molecular weight is 301 g/mol. The van der Waals surface area contributed by atoms with Crippen molar-refractivity contribution in [3.05, 3.63) is 64.2 Å². The molecule has 0 fully saturated rings. The van der Waals surface area contributed by atoms with Gasteiger partial charge in [0.1, 0.15) is 12.0 Å². The van der Waals surface area contributed by atoms with Gasteiger partial charge in [0.25, 0.3) is 0 Å². The third-order valence-electron chi connectivity index (χ3n) is 4.03. The van der Waals surface area contributed by atoms with E-state index in [4.69, 9.17) is 16.3 Å². The smallest absolute Gasteiger partial charge is 0.150 e. The largest absolute Gasteiger partial charge is 0.491 e. The van der Waals surface area contributed by atoms with E-state index in [1.54, 1.807) is 18.2 Å². The molecule has 108 valence electrons. The number of halogens is 1. The first-order valence-corrected chi connectivity index (χ1v) is 7.61. The summed E-state index contributed by atoms with van der Waals surface area (Å²) in [5.74, 6) is 1.06. The number of carbonyl (C=O) groups is 1. The van der Waals surface area contributed by atoms with Gasteiger partial charge in [0.2, 0.25) is 0 Å². The fourth-order valence-electron chi connectivity index (χ4n) is 2.93. The van der Waals surface area contributed by atoms with Crippen molar-refractivity contribution < 1.29 is 9.53 Å². The number of fused-ring (bicyclic) bond motifs is 1. The molecule has 3 heteroatoms. The summed E-state index contributed by atoms with van der Waals surface area (Å²) < 4.78 is 5.88. The number of benzene rings is 2. The number of hydrogen-bond donors (Lipinski definition) is 0. The Labute approximate surface area is 129 Å². The molecule has 1 aliphatic carbocycles. The van der Waals surface area contributed by atoms with Gasteiger partial charge in [-0.1, -0.05) is 35.9 Å². The van der Waals surface area contributed by atoms with Crippen LogP contribution in [0.3, 0.4) is 0 Å². The van der Waals surface area contributed by atoms with Gasteiger partial charge in [0.05, 0.1) is 11.6 Å². The van der Waals surface area contributed by atoms with Crippen LogP contribution >= 0.6 is 11.6 Å². The average Bonchev–Trinajstić information content (AvgIpc) is 2.53. The lowest BCUT2D eigenvalue weighted by Gasteiger charge is -2.25. The Hall–Kier alpha value is -1.80. The van der Waals surface area contributed by atoms with Gasteiger partial charge in [0.15, 0.2) is 0 Å². The van der Waals surface area contributed by atoms with Crippen LogP contribution < -0.4 is 4.74 Å². The molecule has 0 saturated carbocycles. The Kier molecular flexibility index (Phi) is 4.26. The zero-order valence-corrected chi connectivity index (χ0v) is 12.5. The quantitative estimate of drug-likeness (QED) is 0.768. The summed E-state index contributed by atoms with van der Waals surface area (Å²) in [6, 6.07) is 13.7. The summed E-state index contributed by atoms with van der Waals surface area (Å²) in [4.78, 5) is 10.7. The molecule has 0 N–H and O–H groups in total. The van der Waals surface area contributed by atoms with Crippen molar-refractivity contribution in [1.29, 1.82) is 0 Å². The summed E-state index contributed by atoms with van der Waals surface area (Å²) in [5.41, 5.74) is 3.39. The van der Waals surface area contributed by atoms with Crippen LogP contribution in [0.15, 0.2) is 42.5 Å². The van der Waals surface area contributed by atoms with E-state index < -0.39 is 0 Å². The van der Waals surface area contributed by atoms with E-state index in [1.807, 2.05) is 0 Å². The topological polar surface area (TPSA) is 26.3 Å². The molecular weight excluding hydrogens is 284 g/mol. The lowest BCUT2D eigenvalue weighted by molar-refractivity contribution is 0.112. The molecule has 21 heavy (non-hydrogen) atoms. The van der Waals surface area contributed by atoms with E-state index in [1.165, 1.54) is 17.5 Å². The van der Waals surface area contributed by atoms with Crippen LogP contribution in [0.25, 0.3) is 0 Å². The van der Waals surface area contributed by atoms with Crippen LogP contribution in [-0.2, 0) is 6.42 Å². The molecule has 3 rings (SSSR count). The second-order valence-corrected chi connectivity index (χ2v) is 5.81. The predicted octanol–water partition coefficient (Wildman–Crippen LogP) is 4.65. The van der Waals surface area contributed by atoms with Crippen molar-refractivity contribution >= 4 is 17.9 Å². The summed E-state index contributed by atoms with van der Waals surface area (Å²) >= 11 is 6.14. The van der Waals surface area contributed by atoms with E-state index in [0.717, 1.165) is 19.1 Å². The number of ether oxygens (including phenoxy) is 1. The van der Waals surface area contributed by atoms with Gasteiger partial charge in [-0.3, -0.25) is 4.79 Å². The minimum atomic E-state index is 0.414. The van der Waals surface area contributed by atoms with Crippen molar-refractivity contribution in [2.24, 2.45) is 0 Å². The third-order valence-corrected chi connectivity index (χ3v) is 4.32. The van der Waals surface area contributed by atoms with Crippen LogP contribution in [0.1, 0.15) is 40.2 Å². The highest BCUT2D eigenvalue weighted by Crippen LogP contribution is 2.33. The van der Waals surface area contributed by atoms with Crippen molar-refractivity contribution in [3.8, 4) is 5.75 Å². The Balaban J connectivity index is 1.73. The molecule has 1 unspecified atom stereocenters. The first-order chi connectivity index (χ1) is 10.3. The number of hydrogen-bond acceptors (Lipinski definition) is 2. The van der Waals surface area contributed by atoms with Gasteiger partial charge in [-0.25, -0.2) is 0 Å². The molecular formula is C18H17ClO2. The van der Waals surface area contributed by atoms with Gasteiger partial charge in [-0.2, -0.15) is 0 Å². The lowest BCUT2D eigenvalue weighted by Crippen LogP contribution is -2.16. The van der Waals surface area contributed by atoms with Crippen LogP contribution in [0, 0.1) is 0 Å². The molecule has 0 saturated heterocycles. The summed E-state index contributed by atoms with van der Waals surface area (Å²) in [5, 5.41) is 0.490. The zero-order chi connectivity index (χ0) is 14.7. The van der Waals surface area contributed by atoms with Crippen LogP contribution in [-0.4, -0.2) is 12.9 Å². The molecule has 2 aromatic rings. The van der Waals surface area contributed by atoms with Gasteiger partial charge < -0.3 is 4.74 Å². The summed E-state index contributed by atoms with van der Waals surface area (Å²) in [6.45, 7) is 0.622. The molecule has 1 aliphatic rings. The van der Waals surface area contributed by atoms with Gasteiger partial charge >= 0.3 is 0 Å². The van der Waals surface area contributed by atoms with E-state index >= 15 is 0 Å². The van der Waals surface area contributed by atoms with Crippen LogP contribution in [0.4, 0.5) is 0 Å². The highest BCUT2D eigenvalue weighted by Gasteiger charge is 2.20. The molecule has 0 aromatic heterocycles. The normalized spacial score (nSPS) is 17.1. The molecule has 0 amide bonds. The molecule has 0 heterocycles. The maximum atomic E-state index is 10.7. The highest BCUT2D eigenvalue weighted by atomic mass is 35.5. The first kappa shape index (κ1) is 14.2. The van der Waals surface area contributed by atoms with Crippen molar-refractivity contribution in [2.75, 3.05) is 6.61 Å². The highest BCUT2D eigenvalue weighted by molar-refractivity contribution is 6.32. The van der Waals surface area contributed by atoms with E-state index in [2.05, 4.69) is 24.3 Å². The van der Waals surface area contributed by atoms with E-state index in [-0.39, 0.29) is 0 Å². The molecule has 0 spiro atoms. The van der Waals surface area contributed by atoms with Crippen molar-refractivity contribution in [1.82, 2.24) is 0 Å². The number of rotatable bonds is 4. The Morgan fingerprint density at radius 1 is 1.24 bits per heavy atom. The van der Waals surface area contributed by atoms with Crippen LogP contribution in [0.5, 0.6) is 5.75 Å². The predicted molar refractivity (Wildman–Crippen MR) is 84.5 cm³/mol. The second-order valence-electron chi connectivity index (χ2n) is 5.41. The number of carbonyl (C=O) groups excluding carboxylic acids is 1. The molecule has 2 aromatic carbocycles. The van der Waals surface area contributed by atoms with E-state index in [0.29, 0.717) is 28.9 Å². The SMILES string of the molecule is O=Cc1ccc(OCC2CCCc3ccccc32)c(Cl)c1. The Bertz CT molecular complexity index is 651. The van der Waals surface area contributed by atoms with Crippen molar-refractivity contribution in [2.45, 2.75) is 25.2 Å². The Morgan fingerprint density at radius 3 is 2.90 bits per heavy atom. The van der Waals surface area contributed by atoms with Crippen molar-refractivity contribution in [3.63, 3.8) is 0 Å². The van der Waals surface area contributed by atoms with Gasteiger partial charge in [-0.15, -0.1) is 0 Å². The maximum absolute atomic E-state index is 10.7. The molecule has 0 bridgehead atoms. The minimum Gasteiger partial charge on any atom is -0.491 e. The standard InChI is InChI=1S/C18H17ClO2/c19-17-10-13(11-20)8-9-18(17)21-12-15-6-3-5-14-4-1-2-7-16(14)15/h1-2,4,7-11,15H,3,5-6,12H2. The number of aldehydes is 1. The van der Waals surface area contributed by atoms with Gasteiger partial charge in [-0.05, 0) is 48.6 Å². The molecule has 2 nitrogen and oxygen atoms in total. The Morgan fingerprint density at radius 2 is 2.10 bits per heavy atom. The number of aryl methyl sites for hydroxylation is 1. The second kappa shape index (κ2) is 6.31. The summed E-state index contributed by atoms with van der Waals surface area (Å²) in [7, 11) is 0. The molecule has 0 radical (unpaired) electrons. The van der Waals surface area contributed by atoms with Gasteiger partial charge in [0, 0.05) is 11.5 Å². The molecule has 1 atom stereocenters. The maximum Gasteiger partial charge on any atom is 0.150 e. The summed E-state index contributed by atoms with van der Waals surface area (Å²) in [6.07, 6.45) is 4.28. The first-order valence-electron chi connectivity index (χ1n) is 7.23. The molecule has 0 aliphatic heterocycles. The van der Waals surface area contributed by atoms with E-state index in [9.17, 15) is 4.79 Å². The zero-order valence-electron chi connectivity index (χ0n) is 11.7. The third kappa shape index (κ3) is 3.11. The fraction of sp³-hybridized carbons (Fsp3) is 0.278. The fourth-order valence-corrected chi connectivity index (χ4v) is 3.17. The monoisotopic (exact) mass is 300 g/mol. The minimum absolute atomic E-state index is 0.414.